The molecule has 0 spiro atoms. The highest BCUT2D eigenvalue weighted by Gasteiger charge is 2.36. The van der Waals surface area contributed by atoms with Crippen molar-refractivity contribution in [2.45, 2.75) is 43.8 Å². The molecule has 1 amide bonds. The van der Waals surface area contributed by atoms with E-state index in [9.17, 15) is 30.0 Å². The molecule has 128 valence electrons. The van der Waals surface area contributed by atoms with Crippen LogP contribution in [0.3, 0.4) is 0 Å². The summed E-state index contributed by atoms with van der Waals surface area (Å²) < 4.78 is 4.42. The van der Waals surface area contributed by atoms with Gasteiger partial charge in [-0.15, -0.1) is 0 Å². The van der Waals surface area contributed by atoms with E-state index in [4.69, 9.17) is 5.11 Å². The van der Waals surface area contributed by atoms with Crippen molar-refractivity contribution in [3.05, 3.63) is 12.2 Å². The number of aliphatic hydroxyl groups is 5. The Morgan fingerprint density at radius 1 is 1.14 bits per heavy atom. The summed E-state index contributed by atoms with van der Waals surface area (Å²) in [5.41, 5.74) is -0.102. The number of carbonyl (C=O) groups excluding carboxylic acids is 2. The van der Waals surface area contributed by atoms with E-state index >= 15 is 0 Å². The molecule has 6 N–H and O–H groups in total. The zero-order chi connectivity index (χ0) is 17.4. The average molecular weight is 321 g/mol. The van der Waals surface area contributed by atoms with Crippen molar-refractivity contribution >= 4 is 11.9 Å². The number of amides is 1. The van der Waals surface area contributed by atoms with Crippen LogP contribution in [0.5, 0.6) is 0 Å². The Bertz CT molecular complexity index is 400. The molecule has 0 rings (SSSR count). The number of rotatable bonds is 9. The number of ether oxygens (including phenoxy) is 1. The second kappa shape index (κ2) is 9.49. The van der Waals surface area contributed by atoms with Gasteiger partial charge in [-0.1, -0.05) is 6.58 Å². The van der Waals surface area contributed by atoms with Crippen LogP contribution in [0.25, 0.3) is 0 Å². The zero-order valence-electron chi connectivity index (χ0n) is 12.5. The molecule has 5 atom stereocenters. The van der Waals surface area contributed by atoms with Gasteiger partial charge in [0.25, 0.3) is 0 Å². The van der Waals surface area contributed by atoms with E-state index in [2.05, 4.69) is 16.6 Å². The van der Waals surface area contributed by atoms with Crippen molar-refractivity contribution in [3.63, 3.8) is 0 Å². The van der Waals surface area contributed by atoms with Crippen LogP contribution in [0.4, 0.5) is 0 Å². The van der Waals surface area contributed by atoms with E-state index in [-0.39, 0.29) is 12.0 Å². The quantitative estimate of drug-likeness (QED) is 0.194. The lowest BCUT2D eigenvalue weighted by Crippen LogP contribution is -2.57. The van der Waals surface area contributed by atoms with Gasteiger partial charge in [-0.05, 0) is 0 Å². The number of esters is 1. The minimum atomic E-state index is -1.82. The molecular weight excluding hydrogens is 298 g/mol. The number of aliphatic hydroxyl groups excluding tert-OH is 5. The smallest absolute Gasteiger partial charge is 0.333 e. The monoisotopic (exact) mass is 321 g/mol. The molecule has 0 aromatic heterocycles. The number of methoxy groups -OCH3 is 1. The third-order valence-electron chi connectivity index (χ3n) is 3.01. The highest BCUT2D eigenvalue weighted by atomic mass is 16.5. The van der Waals surface area contributed by atoms with Crippen LogP contribution in [0.15, 0.2) is 12.2 Å². The molecule has 0 aromatic carbocycles. The number of hydrogen-bond acceptors (Lipinski definition) is 8. The van der Waals surface area contributed by atoms with Gasteiger partial charge in [-0.2, -0.15) is 0 Å². The summed E-state index contributed by atoms with van der Waals surface area (Å²) in [5, 5.41) is 50.0. The molecule has 0 heterocycles. The molecule has 0 saturated heterocycles. The molecule has 0 fully saturated rings. The van der Waals surface area contributed by atoms with E-state index in [1.54, 1.807) is 0 Å². The topological polar surface area (TPSA) is 157 Å². The van der Waals surface area contributed by atoms with Crippen molar-refractivity contribution in [1.82, 2.24) is 5.32 Å². The summed E-state index contributed by atoms with van der Waals surface area (Å²) in [6.45, 7) is 3.70. The zero-order valence-corrected chi connectivity index (χ0v) is 12.5. The Morgan fingerprint density at radius 2 is 1.68 bits per heavy atom. The molecule has 0 aliphatic heterocycles. The summed E-state index contributed by atoms with van der Waals surface area (Å²) in [6.07, 6.45) is -7.08. The van der Waals surface area contributed by atoms with E-state index < -0.39 is 48.9 Å². The van der Waals surface area contributed by atoms with Gasteiger partial charge in [0.2, 0.25) is 5.91 Å². The van der Waals surface area contributed by atoms with Gasteiger partial charge >= 0.3 is 5.97 Å². The maximum absolute atomic E-state index is 11.2. The van der Waals surface area contributed by atoms with Crippen molar-refractivity contribution in [2.75, 3.05) is 13.7 Å². The normalized spacial score (nSPS) is 17.8. The fraction of sp³-hybridized carbons (Fsp3) is 0.692. The Morgan fingerprint density at radius 3 is 2.09 bits per heavy atom. The fourth-order valence-electron chi connectivity index (χ4n) is 1.80. The van der Waals surface area contributed by atoms with Gasteiger partial charge in [0.1, 0.15) is 18.3 Å². The molecule has 0 unspecified atom stereocenters. The Balaban J connectivity index is 5.06. The van der Waals surface area contributed by atoms with Gasteiger partial charge < -0.3 is 35.6 Å². The SMILES string of the molecule is C=C(C[C@H](O)[C@@H](NC(C)=O)[C@@H](O)[C@H](O)[C@H](O)CO)C(=O)OC. The van der Waals surface area contributed by atoms with Crippen LogP contribution in [-0.4, -0.2) is 81.6 Å². The Kier molecular flexibility index (Phi) is 8.83. The summed E-state index contributed by atoms with van der Waals surface area (Å²) in [7, 11) is 1.13. The van der Waals surface area contributed by atoms with Crippen molar-refractivity contribution in [2.24, 2.45) is 0 Å². The summed E-state index contributed by atoms with van der Waals surface area (Å²) >= 11 is 0. The van der Waals surface area contributed by atoms with Crippen LogP contribution in [0, 0.1) is 0 Å². The molecule has 9 heteroatoms. The largest absolute Gasteiger partial charge is 0.466 e. The lowest BCUT2D eigenvalue weighted by molar-refractivity contribution is -0.137. The Hall–Kier alpha value is -1.52. The van der Waals surface area contributed by atoms with Gasteiger partial charge in [0.15, 0.2) is 0 Å². The van der Waals surface area contributed by atoms with Crippen molar-refractivity contribution in [3.8, 4) is 0 Å². The molecule has 9 nitrogen and oxygen atoms in total. The second-order valence-electron chi connectivity index (χ2n) is 4.82. The third-order valence-corrected chi connectivity index (χ3v) is 3.01. The van der Waals surface area contributed by atoms with Crippen LogP contribution < -0.4 is 5.32 Å². The van der Waals surface area contributed by atoms with E-state index in [0.29, 0.717) is 0 Å². The standard InChI is InChI=1S/C13H23NO8/c1-6(13(21)22-3)4-8(17)10(14-7(2)16)12(20)11(19)9(18)5-15/h8-12,15,17-20H,1,4-5H2,2-3H3,(H,14,16)/t8-,9+,10+,11+,12+/m0/s1. The maximum Gasteiger partial charge on any atom is 0.333 e. The van der Waals surface area contributed by atoms with E-state index in [1.165, 1.54) is 0 Å². The van der Waals surface area contributed by atoms with Gasteiger partial charge in [-0.3, -0.25) is 4.79 Å². The first-order valence-corrected chi connectivity index (χ1v) is 6.52. The molecule has 0 radical (unpaired) electrons. The predicted octanol–water partition coefficient (Wildman–Crippen LogP) is -2.95. The number of hydrogen-bond donors (Lipinski definition) is 6. The maximum atomic E-state index is 11.2. The highest BCUT2D eigenvalue weighted by Crippen LogP contribution is 2.15. The van der Waals surface area contributed by atoms with Crippen molar-refractivity contribution < 1.29 is 39.9 Å². The molecule has 0 bridgehead atoms. The van der Waals surface area contributed by atoms with Gasteiger partial charge in [-0.25, -0.2) is 4.79 Å². The number of carbonyl (C=O) groups is 2. The predicted molar refractivity (Wildman–Crippen MR) is 74.5 cm³/mol. The highest BCUT2D eigenvalue weighted by molar-refractivity contribution is 5.87. The number of nitrogens with one attached hydrogen (secondary N) is 1. The van der Waals surface area contributed by atoms with Crippen LogP contribution in [0.1, 0.15) is 13.3 Å². The first-order valence-electron chi connectivity index (χ1n) is 6.52. The first kappa shape index (κ1) is 20.5. The summed E-state index contributed by atoms with van der Waals surface area (Å²) in [6, 6.07) is -1.39. The summed E-state index contributed by atoms with van der Waals surface area (Å²) in [4.78, 5) is 22.4. The first-order chi connectivity index (χ1) is 10.1. The molecule has 0 aliphatic carbocycles. The molecule has 0 aliphatic rings. The van der Waals surface area contributed by atoms with Gasteiger partial charge in [0.05, 0.1) is 25.9 Å². The van der Waals surface area contributed by atoms with E-state index in [0.717, 1.165) is 14.0 Å². The van der Waals surface area contributed by atoms with Crippen LogP contribution in [-0.2, 0) is 14.3 Å². The second-order valence-corrected chi connectivity index (χ2v) is 4.82. The molecular formula is C13H23NO8. The van der Waals surface area contributed by atoms with Crippen molar-refractivity contribution in [1.29, 1.82) is 0 Å². The molecule has 22 heavy (non-hydrogen) atoms. The summed E-state index contributed by atoms with van der Waals surface area (Å²) in [5.74, 6) is -1.39. The minimum absolute atomic E-state index is 0.102. The lowest BCUT2D eigenvalue weighted by atomic mass is 9.93. The minimum Gasteiger partial charge on any atom is -0.466 e. The van der Waals surface area contributed by atoms with Crippen LogP contribution >= 0.6 is 0 Å². The fourth-order valence-corrected chi connectivity index (χ4v) is 1.80. The Labute approximate surface area is 127 Å². The molecule has 0 aromatic rings. The third kappa shape index (κ3) is 6.08. The van der Waals surface area contributed by atoms with E-state index in [1.807, 2.05) is 0 Å². The molecule has 0 saturated carbocycles. The van der Waals surface area contributed by atoms with Gasteiger partial charge in [0, 0.05) is 18.9 Å². The van der Waals surface area contributed by atoms with Crippen LogP contribution in [0.2, 0.25) is 0 Å². The average Bonchev–Trinajstić information content (AvgIpc) is 2.48. The lowest BCUT2D eigenvalue weighted by Gasteiger charge is -2.32.